The number of nitrogen functional groups attached to an aromatic ring is 1. The van der Waals surface area contributed by atoms with Crippen molar-refractivity contribution in [2.75, 3.05) is 5.73 Å². The molecule has 0 saturated heterocycles. The molecule has 0 fully saturated rings. The molecule has 0 saturated carbocycles. The normalized spacial score (nSPS) is 10.6. The van der Waals surface area contributed by atoms with Gasteiger partial charge in [0, 0.05) is 30.9 Å². The van der Waals surface area contributed by atoms with Gasteiger partial charge >= 0.3 is 0 Å². The van der Waals surface area contributed by atoms with Crippen molar-refractivity contribution in [2.24, 2.45) is 7.05 Å². The summed E-state index contributed by atoms with van der Waals surface area (Å²) in [5, 5.41) is 7.35. The third-order valence-corrected chi connectivity index (χ3v) is 3.04. The van der Waals surface area contributed by atoms with Crippen molar-refractivity contribution >= 4 is 23.3 Å². The van der Waals surface area contributed by atoms with Crippen molar-refractivity contribution in [1.82, 2.24) is 20.1 Å². The van der Waals surface area contributed by atoms with Crippen LogP contribution in [0.3, 0.4) is 0 Å². The highest BCUT2D eigenvalue weighted by molar-refractivity contribution is 6.29. The van der Waals surface area contributed by atoms with Crippen LogP contribution >= 0.6 is 11.6 Å². The summed E-state index contributed by atoms with van der Waals surface area (Å²) in [5.74, 6) is -0.0230. The molecule has 0 bridgehead atoms. The maximum atomic E-state index is 12.0. The average Bonchev–Trinajstić information content (AvgIpc) is 2.75. The van der Waals surface area contributed by atoms with Crippen LogP contribution in [0.1, 0.15) is 28.5 Å². The van der Waals surface area contributed by atoms with E-state index < -0.39 is 0 Å². The Morgan fingerprint density at radius 2 is 2.25 bits per heavy atom. The van der Waals surface area contributed by atoms with E-state index in [4.69, 9.17) is 17.3 Å². The number of amides is 1. The van der Waals surface area contributed by atoms with Crippen molar-refractivity contribution in [1.29, 1.82) is 0 Å². The number of carbonyl (C=O) groups is 1. The lowest BCUT2D eigenvalue weighted by Crippen LogP contribution is -2.23. The second-order valence-corrected chi connectivity index (χ2v) is 4.80. The molecule has 2 aromatic heterocycles. The third kappa shape index (κ3) is 3.27. The molecule has 0 spiro atoms. The van der Waals surface area contributed by atoms with Crippen molar-refractivity contribution in [3.8, 4) is 0 Å². The first-order valence-corrected chi connectivity index (χ1v) is 6.60. The summed E-state index contributed by atoms with van der Waals surface area (Å²) in [6, 6.07) is 2.97. The van der Waals surface area contributed by atoms with E-state index in [0.717, 1.165) is 17.7 Å². The van der Waals surface area contributed by atoms with Crippen LogP contribution in [0.5, 0.6) is 0 Å². The number of anilines is 1. The molecule has 2 aromatic rings. The van der Waals surface area contributed by atoms with Gasteiger partial charge in [0.25, 0.3) is 5.91 Å². The standard InChI is InChI=1S/C13H16ClN5O/c1-3-10-9(7-19(2)18-10)6-16-13(20)8-4-11(14)17-12(15)5-8/h4-5,7H,3,6H2,1-2H3,(H2,15,17)(H,16,20). The maximum absolute atomic E-state index is 12.0. The molecule has 0 aliphatic rings. The quantitative estimate of drug-likeness (QED) is 0.837. The summed E-state index contributed by atoms with van der Waals surface area (Å²) in [4.78, 5) is 15.9. The Morgan fingerprint density at radius 1 is 1.50 bits per heavy atom. The Bertz CT molecular complexity index is 617. The number of carbonyl (C=O) groups excluding carboxylic acids is 1. The minimum atomic E-state index is -0.244. The summed E-state index contributed by atoms with van der Waals surface area (Å²) in [6.07, 6.45) is 2.72. The highest BCUT2D eigenvalue weighted by Gasteiger charge is 2.11. The summed E-state index contributed by atoms with van der Waals surface area (Å²) in [6.45, 7) is 2.44. The smallest absolute Gasteiger partial charge is 0.251 e. The predicted octanol–water partition coefficient (Wildman–Crippen LogP) is 1.54. The highest BCUT2D eigenvalue weighted by Crippen LogP contribution is 2.13. The second kappa shape index (κ2) is 5.92. The average molecular weight is 294 g/mol. The van der Waals surface area contributed by atoms with Crippen molar-refractivity contribution in [3.05, 3.63) is 40.3 Å². The van der Waals surface area contributed by atoms with Crippen molar-refractivity contribution in [2.45, 2.75) is 19.9 Å². The van der Waals surface area contributed by atoms with Gasteiger partial charge in [0.15, 0.2) is 0 Å². The van der Waals surface area contributed by atoms with Crippen LogP contribution in [-0.2, 0) is 20.0 Å². The monoisotopic (exact) mass is 293 g/mol. The molecule has 1 amide bonds. The Kier molecular flexibility index (Phi) is 4.24. The number of hydrogen-bond acceptors (Lipinski definition) is 4. The zero-order valence-electron chi connectivity index (χ0n) is 11.4. The molecule has 7 heteroatoms. The van der Waals surface area contributed by atoms with E-state index in [0.29, 0.717) is 12.1 Å². The van der Waals surface area contributed by atoms with Crippen LogP contribution in [0.4, 0.5) is 5.82 Å². The SMILES string of the molecule is CCc1nn(C)cc1CNC(=O)c1cc(N)nc(Cl)c1. The van der Waals surface area contributed by atoms with Gasteiger partial charge in [-0.1, -0.05) is 18.5 Å². The lowest BCUT2D eigenvalue weighted by Gasteiger charge is -2.06. The summed E-state index contributed by atoms with van der Waals surface area (Å²) in [5.41, 5.74) is 7.93. The molecule has 20 heavy (non-hydrogen) atoms. The van der Waals surface area contributed by atoms with E-state index >= 15 is 0 Å². The Labute approximate surface area is 121 Å². The summed E-state index contributed by atoms with van der Waals surface area (Å²) in [7, 11) is 1.85. The number of rotatable bonds is 4. The third-order valence-electron chi connectivity index (χ3n) is 2.84. The fourth-order valence-corrected chi connectivity index (χ4v) is 2.17. The van der Waals surface area contributed by atoms with Gasteiger partial charge in [-0.3, -0.25) is 9.48 Å². The van der Waals surface area contributed by atoms with Gasteiger partial charge in [-0.25, -0.2) is 4.98 Å². The minimum Gasteiger partial charge on any atom is -0.384 e. The molecular formula is C13H16ClN5O. The van der Waals surface area contributed by atoms with E-state index in [9.17, 15) is 4.79 Å². The van der Waals surface area contributed by atoms with Crippen LogP contribution in [0.25, 0.3) is 0 Å². The van der Waals surface area contributed by atoms with E-state index in [1.807, 2.05) is 20.2 Å². The lowest BCUT2D eigenvalue weighted by atomic mass is 10.2. The largest absolute Gasteiger partial charge is 0.384 e. The van der Waals surface area contributed by atoms with Gasteiger partial charge in [0.1, 0.15) is 11.0 Å². The summed E-state index contributed by atoms with van der Waals surface area (Å²) >= 11 is 5.78. The second-order valence-electron chi connectivity index (χ2n) is 4.41. The topological polar surface area (TPSA) is 85.8 Å². The van der Waals surface area contributed by atoms with Crippen LogP contribution < -0.4 is 11.1 Å². The number of nitrogens with two attached hydrogens (primary N) is 1. The van der Waals surface area contributed by atoms with Gasteiger partial charge in [0.2, 0.25) is 0 Å². The van der Waals surface area contributed by atoms with E-state index in [2.05, 4.69) is 15.4 Å². The van der Waals surface area contributed by atoms with Crippen LogP contribution in [0, 0.1) is 0 Å². The number of aromatic nitrogens is 3. The zero-order chi connectivity index (χ0) is 14.7. The van der Waals surface area contributed by atoms with Gasteiger partial charge in [-0.05, 0) is 18.6 Å². The number of hydrogen-bond donors (Lipinski definition) is 2. The summed E-state index contributed by atoms with van der Waals surface area (Å²) < 4.78 is 1.74. The molecule has 0 aliphatic heterocycles. The molecule has 0 atom stereocenters. The van der Waals surface area contributed by atoms with E-state index in [1.165, 1.54) is 12.1 Å². The number of aryl methyl sites for hydroxylation is 2. The molecule has 2 heterocycles. The molecule has 6 nitrogen and oxygen atoms in total. The molecule has 0 unspecified atom stereocenters. The van der Waals surface area contributed by atoms with Gasteiger partial charge in [-0.2, -0.15) is 5.10 Å². The Morgan fingerprint density at radius 3 is 2.90 bits per heavy atom. The predicted molar refractivity (Wildman–Crippen MR) is 77.4 cm³/mol. The zero-order valence-corrected chi connectivity index (χ0v) is 12.1. The van der Waals surface area contributed by atoms with E-state index in [-0.39, 0.29) is 16.9 Å². The fraction of sp³-hybridized carbons (Fsp3) is 0.308. The van der Waals surface area contributed by atoms with E-state index in [1.54, 1.807) is 4.68 Å². The number of nitrogens with one attached hydrogen (secondary N) is 1. The maximum Gasteiger partial charge on any atom is 0.251 e. The number of pyridine rings is 1. The molecule has 0 aliphatic carbocycles. The molecule has 0 aromatic carbocycles. The first kappa shape index (κ1) is 14.3. The number of nitrogens with zero attached hydrogens (tertiary/aromatic N) is 3. The fourth-order valence-electron chi connectivity index (χ4n) is 1.95. The highest BCUT2D eigenvalue weighted by atomic mass is 35.5. The van der Waals surface area contributed by atoms with Gasteiger partial charge in [-0.15, -0.1) is 0 Å². The first-order chi connectivity index (χ1) is 9.49. The minimum absolute atomic E-state index is 0.200. The molecular weight excluding hydrogens is 278 g/mol. The molecule has 106 valence electrons. The molecule has 2 rings (SSSR count). The van der Waals surface area contributed by atoms with Crippen molar-refractivity contribution < 1.29 is 4.79 Å². The van der Waals surface area contributed by atoms with Gasteiger partial charge < -0.3 is 11.1 Å². The Hall–Kier alpha value is -2.08. The van der Waals surface area contributed by atoms with Crippen LogP contribution in [-0.4, -0.2) is 20.7 Å². The first-order valence-electron chi connectivity index (χ1n) is 6.22. The van der Waals surface area contributed by atoms with Crippen LogP contribution in [0.2, 0.25) is 5.15 Å². The van der Waals surface area contributed by atoms with Crippen molar-refractivity contribution in [3.63, 3.8) is 0 Å². The number of halogens is 1. The lowest BCUT2D eigenvalue weighted by molar-refractivity contribution is 0.0951. The molecule has 0 radical (unpaired) electrons. The Balaban J connectivity index is 2.08. The van der Waals surface area contributed by atoms with Crippen LogP contribution in [0.15, 0.2) is 18.3 Å². The van der Waals surface area contributed by atoms with Gasteiger partial charge in [0.05, 0.1) is 5.69 Å². The molecule has 3 N–H and O–H groups in total.